The van der Waals surface area contributed by atoms with Crippen LogP contribution in [0.25, 0.3) is 0 Å². The van der Waals surface area contributed by atoms with Gasteiger partial charge < -0.3 is 14.6 Å². The van der Waals surface area contributed by atoms with Crippen LogP contribution < -0.4 is 0 Å². The van der Waals surface area contributed by atoms with E-state index in [1.807, 2.05) is 30.3 Å². The van der Waals surface area contributed by atoms with Gasteiger partial charge in [0.2, 0.25) is 0 Å². The molecule has 0 bridgehead atoms. The second kappa shape index (κ2) is 6.16. The molecule has 1 N–H and O–H groups in total. The molecule has 1 unspecified atom stereocenters. The number of hydrogen-bond donors (Lipinski definition) is 1. The van der Waals surface area contributed by atoms with Crippen LogP contribution in [-0.2, 0) is 20.7 Å². The molecule has 0 aliphatic rings. The van der Waals surface area contributed by atoms with Gasteiger partial charge in [0.25, 0.3) is 6.29 Å². The van der Waals surface area contributed by atoms with Gasteiger partial charge in [-0.3, -0.25) is 0 Å². The molecule has 4 nitrogen and oxygen atoms in total. The number of hydrogen-bond acceptors (Lipinski definition) is 4. The van der Waals surface area contributed by atoms with Gasteiger partial charge in [0, 0.05) is 13.5 Å². The first-order chi connectivity index (χ1) is 7.24. The summed E-state index contributed by atoms with van der Waals surface area (Å²) in [5, 5.41) is 8.93. The van der Waals surface area contributed by atoms with Crippen molar-refractivity contribution >= 4 is 5.97 Å². The molecular weight excluding hydrogens is 196 g/mol. The maximum absolute atomic E-state index is 11.0. The minimum Gasteiger partial charge on any atom is -0.462 e. The van der Waals surface area contributed by atoms with Gasteiger partial charge in [-0.15, -0.1) is 0 Å². The Balaban J connectivity index is 2.25. The number of methoxy groups -OCH3 is 1. The third-order valence-electron chi connectivity index (χ3n) is 1.90. The smallest absolute Gasteiger partial charge is 0.363 e. The number of benzene rings is 1. The van der Waals surface area contributed by atoms with Crippen LogP contribution in [-0.4, -0.2) is 31.1 Å². The lowest BCUT2D eigenvalue weighted by molar-refractivity contribution is -0.177. The highest BCUT2D eigenvalue weighted by Crippen LogP contribution is 2.00. The molecule has 0 fully saturated rings. The maximum Gasteiger partial charge on any atom is 0.363 e. The van der Waals surface area contributed by atoms with Crippen LogP contribution in [0.15, 0.2) is 30.3 Å². The largest absolute Gasteiger partial charge is 0.462 e. The van der Waals surface area contributed by atoms with Gasteiger partial charge in [0.1, 0.15) is 0 Å². The van der Waals surface area contributed by atoms with Crippen molar-refractivity contribution in [2.24, 2.45) is 0 Å². The van der Waals surface area contributed by atoms with Crippen LogP contribution in [0, 0.1) is 0 Å². The molecule has 0 aromatic heterocycles. The first kappa shape index (κ1) is 11.7. The normalized spacial score (nSPS) is 12.1. The SMILES string of the molecule is COC(O)C(=O)OCCc1ccccc1. The van der Waals surface area contributed by atoms with E-state index < -0.39 is 12.3 Å². The van der Waals surface area contributed by atoms with E-state index >= 15 is 0 Å². The molecule has 4 heteroatoms. The van der Waals surface area contributed by atoms with Crippen molar-refractivity contribution in [3.05, 3.63) is 35.9 Å². The third-order valence-corrected chi connectivity index (χ3v) is 1.90. The zero-order valence-corrected chi connectivity index (χ0v) is 8.55. The number of carbonyl (C=O) groups excluding carboxylic acids is 1. The van der Waals surface area contributed by atoms with Crippen molar-refractivity contribution in [1.82, 2.24) is 0 Å². The molecule has 0 heterocycles. The van der Waals surface area contributed by atoms with E-state index in [-0.39, 0.29) is 6.61 Å². The van der Waals surface area contributed by atoms with Gasteiger partial charge in [0.05, 0.1) is 6.61 Å². The summed E-state index contributed by atoms with van der Waals surface area (Å²) in [5.74, 6) is -0.756. The van der Waals surface area contributed by atoms with Crippen LogP contribution in [0.4, 0.5) is 0 Å². The standard InChI is InChI=1S/C11H14O4/c1-14-10(12)11(13)15-8-7-9-5-3-2-4-6-9/h2-6,10,12H,7-8H2,1H3. The summed E-state index contributed by atoms with van der Waals surface area (Å²) in [5.41, 5.74) is 1.08. The molecular formula is C11H14O4. The van der Waals surface area contributed by atoms with Gasteiger partial charge in [-0.05, 0) is 5.56 Å². The van der Waals surface area contributed by atoms with Gasteiger partial charge in [-0.1, -0.05) is 30.3 Å². The summed E-state index contributed by atoms with van der Waals surface area (Å²) >= 11 is 0. The summed E-state index contributed by atoms with van der Waals surface area (Å²) in [4.78, 5) is 11.0. The zero-order valence-electron chi connectivity index (χ0n) is 8.55. The van der Waals surface area contributed by atoms with Crippen molar-refractivity contribution in [1.29, 1.82) is 0 Å². The van der Waals surface area contributed by atoms with Gasteiger partial charge in [-0.25, -0.2) is 4.79 Å². The van der Waals surface area contributed by atoms with Gasteiger partial charge in [0.15, 0.2) is 0 Å². The van der Waals surface area contributed by atoms with Crippen molar-refractivity contribution < 1.29 is 19.4 Å². The molecule has 1 rings (SSSR count). The molecule has 0 aliphatic carbocycles. The van der Waals surface area contributed by atoms with Crippen LogP contribution >= 0.6 is 0 Å². The highest BCUT2D eigenvalue weighted by molar-refractivity contribution is 5.72. The molecule has 0 aliphatic heterocycles. The number of ether oxygens (including phenoxy) is 2. The second-order valence-corrected chi connectivity index (χ2v) is 2.99. The fourth-order valence-electron chi connectivity index (χ4n) is 1.08. The van der Waals surface area contributed by atoms with Crippen molar-refractivity contribution in [3.8, 4) is 0 Å². The number of carbonyl (C=O) groups is 1. The Morgan fingerprint density at radius 1 is 1.40 bits per heavy atom. The lowest BCUT2D eigenvalue weighted by Gasteiger charge is -2.08. The lowest BCUT2D eigenvalue weighted by Crippen LogP contribution is -2.25. The van der Waals surface area contributed by atoms with E-state index in [1.165, 1.54) is 7.11 Å². The summed E-state index contributed by atoms with van der Waals surface area (Å²) < 4.78 is 9.18. The first-order valence-corrected chi connectivity index (χ1v) is 4.65. The molecule has 0 spiro atoms. The fourth-order valence-corrected chi connectivity index (χ4v) is 1.08. The van der Waals surface area contributed by atoms with E-state index in [1.54, 1.807) is 0 Å². The number of aliphatic hydroxyl groups excluding tert-OH is 1. The topological polar surface area (TPSA) is 55.8 Å². The molecule has 0 saturated heterocycles. The predicted molar refractivity (Wildman–Crippen MR) is 54.1 cm³/mol. The fraction of sp³-hybridized carbons (Fsp3) is 0.364. The molecule has 0 radical (unpaired) electrons. The van der Waals surface area contributed by atoms with E-state index in [0.29, 0.717) is 6.42 Å². The zero-order chi connectivity index (χ0) is 11.1. The van der Waals surface area contributed by atoms with Crippen LogP contribution in [0.1, 0.15) is 5.56 Å². The molecule has 1 aromatic carbocycles. The quantitative estimate of drug-likeness (QED) is 0.575. The Morgan fingerprint density at radius 2 is 2.07 bits per heavy atom. The average molecular weight is 210 g/mol. The lowest BCUT2D eigenvalue weighted by atomic mass is 10.2. The molecule has 15 heavy (non-hydrogen) atoms. The highest BCUT2D eigenvalue weighted by Gasteiger charge is 2.14. The Hall–Kier alpha value is -1.39. The molecule has 0 saturated carbocycles. The minimum atomic E-state index is -1.49. The van der Waals surface area contributed by atoms with Crippen molar-refractivity contribution in [2.45, 2.75) is 12.7 Å². The number of rotatable bonds is 5. The molecule has 0 amide bonds. The molecule has 1 atom stereocenters. The minimum absolute atomic E-state index is 0.239. The summed E-state index contributed by atoms with van der Waals surface area (Å²) in [6.45, 7) is 0.239. The highest BCUT2D eigenvalue weighted by atomic mass is 16.6. The maximum atomic E-state index is 11.0. The Morgan fingerprint density at radius 3 is 2.67 bits per heavy atom. The van der Waals surface area contributed by atoms with Gasteiger partial charge >= 0.3 is 5.97 Å². The number of esters is 1. The average Bonchev–Trinajstić information content (AvgIpc) is 2.29. The van der Waals surface area contributed by atoms with E-state index in [0.717, 1.165) is 5.56 Å². The Labute approximate surface area is 88.4 Å². The second-order valence-electron chi connectivity index (χ2n) is 2.99. The van der Waals surface area contributed by atoms with Crippen LogP contribution in [0.2, 0.25) is 0 Å². The Kier molecular flexibility index (Phi) is 4.80. The summed E-state index contributed by atoms with van der Waals surface area (Å²) in [6, 6.07) is 9.65. The van der Waals surface area contributed by atoms with Crippen molar-refractivity contribution in [2.75, 3.05) is 13.7 Å². The van der Waals surface area contributed by atoms with Gasteiger partial charge in [-0.2, -0.15) is 0 Å². The third kappa shape index (κ3) is 4.10. The van der Waals surface area contributed by atoms with Crippen LogP contribution in [0.3, 0.4) is 0 Å². The summed E-state index contributed by atoms with van der Waals surface area (Å²) in [7, 11) is 1.24. The monoisotopic (exact) mass is 210 g/mol. The number of aliphatic hydroxyl groups is 1. The molecule has 1 aromatic rings. The summed E-state index contributed by atoms with van der Waals surface area (Å²) in [6.07, 6.45) is -0.857. The van der Waals surface area contributed by atoms with E-state index in [9.17, 15) is 4.79 Å². The Bertz CT molecular complexity index is 297. The predicted octanol–water partition coefficient (Wildman–Crippen LogP) is 0.737. The van der Waals surface area contributed by atoms with E-state index in [4.69, 9.17) is 9.84 Å². The van der Waals surface area contributed by atoms with Crippen LogP contribution in [0.5, 0.6) is 0 Å². The molecule has 82 valence electrons. The first-order valence-electron chi connectivity index (χ1n) is 4.65. The van der Waals surface area contributed by atoms with Crippen molar-refractivity contribution in [3.63, 3.8) is 0 Å². The van der Waals surface area contributed by atoms with E-state index in [2.05, 4.69) is 4.74 Å².